The molecule has 1 heterocycles. The molecule has 0 atom stereocenters. The van der Waals surface area contributed by atoms with E-state index in [9.17, 15) is 9.90 Å². The normalized spacial score (nSPS) is 10.8. The van der Waals surface area contributed by atoms with Crippen molar-refractivity contribution in [3.05, 3.63) is 41.1 Å². The summed E-state index contributed by atoms with van der Waals surface area (Å²) in [6, 6.07) is 8.10. The average molecular weight is 272 g/mol. The molecule has 0 aliphatic rings. The molecular formula is C16H20N2O2. The number of hydrogen-bond acceptors (Lipinski definition) is 2. The first-order valence-electron chi connectivity index (χ1n) is 6.90. The molecule has 2 aromatic rings. The van der Waals surface area contributed by atoms with Crippen LogP contribution in [0.5, 0.6) is 0 Å². The molecule has 0 saturated carbocycles. The van der Waals surface area contributed by atoms with E-state index in [0.29, 0.717) is 11.4 Å². The number of carbonyl (C=O) groups is 1. The van der Waals surface area contributed by atoms with Gasteiger partial charge in [0, 0.05) is 12.6 Å². The SMILES string of the molecule is CCCCc1ccc(-c2c(C(=O)O)c(C)nn2C)cc1. The highest BCUT2D eigenvalue weighted by Crippen LogP contribution is 2.26. The fourth-order valence-corrected chi connectivity index (χ4v) is 2.46. The molecule has 0 aliphatic heterocycles. The molecular weight excluding hydrogens is 252 g/mol. The predicted octanol–water partition coefficient (Wildman–Crippen LogP) is 3.44. The van der Waals surface area contributed by atoms with Gasteiger partial charge < -0.3 is 5.11 Å². The van der Waals surface area contributed by atoms with Gasteiger partial charge in [0.2, 0.25) is 0 Å². The number of carboxylic acid groups (broad SMARTS) is 1. The number of unbranched alkanes of at least 4 members (excludes halogenated alkanes) is 1. The standard InChI is InChI=1S/C16H20N2O2/c1-4-5-6-12-7-9-13(10-8-12)15-14(16(19)20)11(2)17-18(15)3/h7-10H,4-6H2,1-3H3,(H,19,20). The predicted molar refractivity (Wildman–Crippen MR) is 79.0 cm³/mol. The number of rotatable bonds is 5. The zero-order chi connectivity index (χ0) is 14.7. The quantitative estimate of drug-likeness (QED) is 0.907. The van der Waals surface area contributed by atoms with Crippen molar-refractivity contribution in [1.29, 1.82) is 0 Å². The molecule has 1 aromatic carbocycles. The van der Waals surface area contributed by atoms with Crippen molar-refractivity contribution in [2.45, 2.75) is 33.1 Å². The van der Waals surface area contributed by atoms with Gasteiger partial charge in [0.15, 0.2) is 0 Å². The van der Waals surface area contributed by atoms with E-state index in [0.717, 1.165) is 12.0 Å². The molecule has 4 heteroatoms. The Hall–Kier alpha value is -2.10. The minimum Gasteiger partial charge on any atom is -0.478 e. The van der Waals surface area contributed by atoms with Crippen LogP contribution in [0.25, 0.3) is 11.3 Å². The second-order valence-electron chi connectivity index (χ2n) is 5.04. The minimum atomic E-state index is -0.930. The van der Waals surface area contributed by atoms with E-state index in [4.69, 9.17) is 0 Å². The van der Waals surface area contributed by atoms with Crippen molar-refractivity contribution >= 4 is 5.97 Å². The Morgan fingerprint density at radius 1 is 1.30 bits per heavy atom. The Labute approximate surface area is 119 Å². The van der Waals surface area contributed by atoms with Crippen LogP contribution in [-0.4, -0.2) is 20.9 Å². The molecule has 0 aliphatic carbocycles. The van der Waals surface area contributed by atoms with Crippen molar-refractivity contribution in [3.63, 3.8) is 0 Å². The average Bonchev–Trinajstić information content (AvgIpc) is 2.72. The van der Waals surface area contributed by atoms with Crippen molar-refractivity contribution in [2.24, 2.45) is 7.05 Å². The maximum atomic E-state index is 11.4. The summed E-state index contributed by atoms with van der Waals surface area (Å²) in [7, 11) is 1.78. The molecule has 0 bridgehead atoms. The summed E-state index contributed by atoms with van der Waals surface area (Å²) in [5, 5.41) is 13.6. The van der Waals surface area contributed by atoms with Gasteiger partial charge in [-0.15, -0.1) is 0 Å². The number of benzene rings is 1. The van der Waals surface area contributed by atoms with Gasteiger partial charge in [-0.2, -0.15) is 5.10 Å². The summed E-state index contributed by atoms with van der Waals surface area (Å²) < 4.78 is 1.64. The molecule has 0 unspecified atom stereocenters. The molecule has 4 nitrogen and oxygen atoms in total. The van der Waals surface area contributed by atoms with Crippen LogP contribution in [0.3, 0.4) is 0 Å². The van der Waals surface area contributed by atoms with Gasteiger partial charge >= 0.3 is 5.97 Å². The lowest BCUT2D eigenvalue weighted by Gasteiger charge is -2.06. The van der Waals surface area contributed by atoms with Gasteiger partial charge in [0.25, 0.3) is 0 Å². The number of aryl methyl sites for hydroxylation is 3. The Balaban J connectivity index is 2.39. The summed E-state index contributed by atoms with van der Waals surface area (Å²) in [6.07, 6.45) is 3.41. The topological polar surface area (TPSA) is 55.1 Å². The smallest absolute Gasteiger partial charge is 0.339 e. The molecule has 1 aromatic heterocycles. The van der Waals surface area contributed by atoms with E-state index in [-0.39, 0.29) is 5.56 Å². The first kappa shape index (κ1) is 14.3. The van der Waals surface area contributed by atoms with E-state index >= 15 is 0 Å². The molecule has 2 rings (SSSR count). The molecule has 0 saturated heterocycles. The lowest BCUT2D eigenvalue weighted by molar-refractivity contribution is 0.0697. The Morgan fingerprint density at radius 3 is 2.50 bits per heavy atom. The van der Waals surface area contributed by atoms with Crippen LogP contribution in [0.15, 0.2) is 24.3 Å². The number of nitrogens with zero attached hydrogens (tertiary/aromatic N) is 2. The van der Waals surface area contributed by atoms with Crippen LogP contribution in [0.2, 0.25) is 0 Å². The largest absolute Gasteiger partial charge is 0.478 e. The molecule has 106 valence electrons. The minimum absolute atomic E-state index is 0.286. The lowest BCUT2D eigenvalue weighted by atomic mass is 10.0. The van der Waals surface area contributed by atoms with E-state index in [1.165, 1.54) is 18.4 Å². The summed E-state index contributed by atoms with van der Waals surface area (Å²) in [4.78, 5) is 11.4. The highest BCUT2D eigenvalue weighted by atomic mass is 16.4. The molecule has 20 heavy (non-hydrogen) atoms. The van der Waals surface area contributed by atoms with Crippen molar-refractivity contribution in [2.75, 3.05) is 0 Å². The summed E-state index contributed by atoms with van der Waals surface area (Å²) in [5.74, 6) is -0.930. The molecule has 0 radical (unpaired) electrons. The summed E-state index contributed by atoms with van der Waals surface area (Å²) in [5.41, 5.74) is 3.67. The first-order valence-corrected chi connectivity index (χ1v) is 6.90. The number of carboxylic acids is 1. The Morgan fingerprint density at radius 2 is 1.95 bits per heavy atom. The third-order valence-electron chi connectivity index (χ3n) is 3.48. The second-order valence-corrected chi connectivity index (χ2v) is 5.04. The van der Waals surface area contributed by atoms with Gasteiger partial charge in [-0.05, 0) is 25.3 Å². The zero-order valence-corrected chi connectivity index (χ0v) is 12.2. The van der Waals surface area contributed by atoms with Gasteiger partial charge in [0.05, 0.1) is 11.4 Å². The highest BCUT2D eigenvalue weighted by molar-refractivity contribution is 5.96. The second kappa shape index (κ2) is 5.90. The van der Waals surface area contributed by atoms with E-state index in [2.05, 4.69) is 24.2 Å². The lowest BCUT2D eigenvalue weighted by Crippen LogP contribution is -2.01. The van der Waals surface area contributed by atoms with Crippen LogP contribution in [0, 0.1) is 6.92 Å². The van der Waals surface area contributed by atoms with Crippen LogP contribution in [0.1, 0.15) is 41.4 Å². The third kappa shape index (κ3) is 2.74. The van der Waals surface area contributed by atoms with Crippen molar-refractivity contribution < 1.29 is 9.90 Å². The van der Waals surface area contributed by atoms with Crippen LogP contribution >= 0.6 is 0 Å². The highest BCUT2D eigenvalue weighted by Gasteiger charge is 2.20. The van der Waals surface area contributed by atoms with Gasteiger partial charge in [-0.25, -0.2) is 4.79 Å². The zero-order valence-electron chi connectivity index (χ0n) is 12.2. The Bertz CT molecular complexity index is 612. The number of hydrogen-bond donors (Lipinski definition) is 1. The van der Waals surface area contributed by atoms with E-state index in [1.807, 2.05) is 12.1 Å². The molecule has 0 fully saturated rings. The fourth-order valence-electron chi connectivity index (χ4n) is 2.46. The van der Waals surface area contributed by atoms with Crippen molar-refractivity contribution in [1.82, 2.24) is 9.78 Å². The van der Waals surface area contributed by atoms with Gasteiger partial charge in [-0.1, -0.05) is 37.6 Å². The summed E-state index contributed by atoms with van der Waals surface area (Å²) in [6.45, 7) is 3.90. The third-order valence-corrected chi connectivity index (χ3v) is 3.48. The monoisotopic (exact) mass is 272 g/mol. The van der Waals surface area contributed by atoms with Crippen molar-refractivity contribution in [3.8, 4) is 11.3 Å². The molecule has 1 N–H and O–H groups in total. The number of aromatic nitrogens is 2. The van der Waals surface area contributed by atoms with Crippen LogP contribution < -0.4 is 0 Å². The van der Waals surface area contributed by atoms with Crippen LogP contribution in [-0.2, 0) is 13.5 Å². The first-order chi connectivity index (χ1) is 9.54. The van der Waals surface area contributed by atoms with Crippen LogP contribution in [0.4, 0.5) is 0 Å². The fraction of sp³-hybridized carbons (Fsp3) is 0.375. The number of aromatic carboxylic acids is 1. The van der Waals surface area contributed by atoms with Gasteiger partial charge in [0.1, 0.15) is 5.56 Å². The molecule has 0 amide bonds. The maximum Gasteiger partial charge on any atom is 0.339 e. The maximum absolute atomic E-state index is 11.4. The Kier molecular flexibility index (Phi) is 4.23. The van der Waals surface area contributed by atoms with E-state index < -0.39 is 5.97 Å². The van der Waals surface area contributed by atoms with E-state index in [1.54, 1.807) is 18.7 Å². The summed E-state index contributed by atoms with van der Waals surface area (Å²) >= 11 is 0. The molecule has 0 spiro atoms. The van der Waals surface area contributed by atoms with Gasteiger partial charge in [-0.3, -0.25) is 4.68 Å².